The molecule has 0 aliphatic rings. The molecule has 2 rings (SSSR count). The second kappa shape index (κ2) is 11.6. The van der Waals surface area contributed by atoms with Gasteiger partial charge < -0.3 is 10.0 Å². The maximum absolute atomic E-state index is 10.4. The first-order chi connectivity index (χ1) is 12.2. The van der Waals surface area contributed by atoms with Gasteiger partial charge in [0.2, 0.25) is 0 Å². The summed E-state index contributed by atoms with van der Waals surface area (Å²) < 4.78 is 0. The van der Waals surface area contributed by atoms with E-state index in [0.29, 0.717) is 26.4 Å². The number of hydrogen-bond acceptors (Lipinski definition) is 2. The van der Waals surface area contributed by atoms with Crippen LogP contribution in [-0.2, 0) is 17.0 Å². The molecule has 2 aromatic rings. The summed E-state index contributed by atoms with van der Waals surface area (Å²) in [4.78, 5) is 2.46. The van der Waals surface area contributed by atoms with Crippen LogP contribution in [0.3, 0.4) is 0 Å². The fourth-order valence-electron chi connectivity index (χ4n) is 3.08. The van der Waals surface area contributed by atoms with Crippen LogP contribution in [0.2, 0.25) is 0 Å². The standard InChI is InChI=1S/C20H28NOP.2ClH.Ti/c1-13(2)21(14(3)4)17-11-7-10-16(6)20(17)23-18-12-8-9-15(5)19(18)22;;;/h7-14,22-23H,1-6H3;2*1H;/q;;;+2/p-2. The zero-order valence-corrected chi connectivity index (χ0v) is 20.3. The van der Waals surface area contributed by atoms with Gasteiger partial charge in [-0.3, -0.25) is 0 Å². The molecule has 1 N–H and O–H groups in total. The number of anilines is 1. The monoisotopic (exact) mass is 447 g/mol. The number of aryl methyl sites for hydroxylation is 2. The summed E-state index contributed by atoms with van der Waals surface area (Å²) in [6.45, 7) is 13.1. The van der Waals surface area contributed by atoms with Crippen molar-refractivity contribution in [1.29, 1.82) is 0 Å². The molecule has 0 saturated carbocycles. The second-order valence-corrected chi connectivity index (χ2v) is 10.6. The van der Waals surface area contributed by atoms with Gasteiger partial charge in [0, 0.05) is 28.4 Å². The number of aromatic hydroxyl groups is 1. The second-order valence-electron chi connectivity index (χ2n) is 6.73. The predicted molar refractivity (Wildman–Crippen MR) is 116 cm³/mol. The predicted octanol–water partition coefficient (Wildman–Crippen LogP) is 5.64. The van der Waals surface area contributed by atoms with Crippen LogP contribution in [0.1, 0.15) is 38.8 Å². The normalized spacial score (nSPS) is 11.0. The topological polar surface area (TPSA) is 23.5 Å². The summed E-state index contributed by atoms with van der Waals surface area (Å²) in [5.41, 5.74) is 3.51. The van der Waals surface area contributed by atoms with Crippen molar-refractivity contribution in [1.82, 2.24) is 0 Å². The Labute approximate surface area is 176 Å². The Bertz CT molecular complexity index is 702. The van der Waals surface area contributed by atoms with Crippen LogP contribution in [0, 0.1) is 13.8 Å². The zero-order chi connectivity index (χ0) is 19.9. The fourth-order valence-corrected chi connectivity index (χ4v) is 4.46. The number of benzene rings is 2. The molecule has 0 aliphatic carbocycles. The molecule has 0 bridgehead atoms. The molecule has 0 spiro atoms. The van der Waals surface area contributed by atoms with E-state index in [1.807, 2.05) is 25.1 Å². The van der Waals surface area contributed by atoms with Gasteiger partial charge in [-0.1, -0.05) is 38.9 Å². The van der Waals surface area contributed by atoms with Gasteiger partial charge in [0.15, 0.2) is 0 Å². The average molecular weight is 448 g/mol. The third-order valence-corrected chi connectivity index (χ3v) is 5.71. The van der Waals surface area contributed by atoms with Crippen molar-refractivity contribution in [2.45, 2.75) is 53.6 Å². The first kappa shape index (κ1) is 23.8. The molecule has 2 nitrogen and oxygen atoms in total. The third kappa shape index (κ3) is 6.43. The Morgan fingerprint density at radius 1 is 0.923 bits per heavy atom. The number of phenols is 1. The van der Waals surface area contributed by atoms with Crippen molar-refractivity contribution in [3.63, 3.8) is 0 Å². The summed E-state index contributed by atoms with van der Waals surface area (Å²) in [5.74, 6) is 0.431. The van der Waals surface area contributed by atoms with Crippen LogP contribution < -0.4 is 15.5 Å². The van der Waals surface area contributed by atoms with E-state index in [0.717, 1.165) is 10.9 Å². The van der Waals surface area contributed by atoms with E-state index >= 15 is 0 Å². The van der Waals surface area contributed by atoms with E-state index in [1.165, 1.54) is 16.6 Å². The maximum atomic E-state index is 10.4. The van der Waals surface area contributed by atoms with E-state index in [-0.39, 0.29) is 0 Å². The fraction of sp³-hybridized carbons (Fsp3) is 0.400. The average Bonchev–Trinajstić information content (AvgIpc) is 2.54. The van der Waals surface area contributed by atoms with Crippen LogP contribution in [-0.4, -0.2) is 17.2 Å². The summed E-state index contributed by atoms with van der Waals surface area (Å²) in [5, 5.41) is 12.7. The number of phenolic OH excluding ortho intramolecular Hbond substituents is 1. The van der Waals surface area contributed by atoms with Crippen LogP contribution >= 0.6 is 27.2 Å². The van der Waals surface area contributed by atoms with Gasteiger partial charge in [-0.2, -0.15) is 0 Å². The van der Waals surface area contributed by atoms with Crippen LogP contribution in [0.25, 0.3) is 0 Å². The van der Waals surface area contributed by atoms with E-state index < -0.39 is 17.0 Å². The SMILES string of the molecule is Cc1cccc(Pc2c(C)cccc2N(C(C)C)C(C)C)c1O.[Cl][Ti][Cl]. The Kier molecular flexibility index (Phi) is 10.6. The molecule has 0 amide bonds. The number of rotatable bonds is 5. The molecular weight excluding hydrogens is 420 g/mol. The van der Waals surface area contributed by atoms with Crippen molar-refractivity contribution in [3.8, 4) is 5.75 Å². The summed E-state index contributed by atoms with van der Waals surface area (Å²) in [7, 11) is 10.2. The van der Waals surface area contributed by atoms with Gasteiger partial charge >= 0.3 is 35.6 Å². The molecule has 6 heteroatoms. The van der Waals surface area contributed by atoms with Crippen LogP contribution in [0.15, 0.2) is 36.4 Å². The quantitative estimate of drug-likeness (QED) is 0.473. The van der Waals surface area contributed by atoms with Crippen molar-refractivity contribution in [3.05, 3.63) is 47.5 Å². The summed E-state index contributed by atoms with van der Waals surface area (Å²) in [6.07, 6.45) is 0. The van der Waals surface area contributed by atoms with Crippen molar-refractivity contribution in [2.24, 2.45) is 0 Å². The van der Waals surface area contributed by atoms with Gasteiger partial charge in [0.05, 0.1) is 0 Å². The van der Waals surface area contributed by atoms with Gasteiger partial charge in [-0.15, -0.1) is 0 Å². The van der Waals surface area contributed by atoms with E-state index in [4.69, 9.17) is 18.6 Å². The Morgan fingerprint density at radius 3 is 1.96 bits per heavy atom. The van der Waals surface area contributed by atoms with Crippen LogP contribution in [0.5, 0.6) is 5.75 Å². The first-order valence-electron chi connectivity index (χ1n) is 8.64. The van der Waals surface area contributed by atoms with Gasteiger partial charge in [0.25, 0.3) is 0 Å². The van der Waals surface area contributed by atoms with E-state index in [2.05, 4.69) is 57.7 Å². The molecule has 2 aromatic carbocycles. The summed E-state index contributed by atoms with van der Waals surface area (Å²) >= 11 is -0.556. The van der Waals surface area contributed by atoms with Gasteiger partial charge in [-0.25, -0.2) is 0 Å². The summed E-state index contributed by atoms with van der Waals surface area (Å²) in [6, 6.07) is 13.4. The van der Waals surface area contributed by atoms with Crippen molar-refractivity contribution < 1.29 is 22.1 Å². The third-order valence-electron chi connectivity index (χ3n) is 4.14. The Balaban J connectivity index is 0.00000105. The number of halogens is 2. The first-order valence-corrected chi connectivity index (χ1v) is 13.9. The Hall–Kier alpha value is -0.236. The molecule has 0 saturated heterocycles. The van der Waals surface area contributed by atoms with E-state index in [9.17, 15) is 5.11 Å². The van der Waals surface area contributed by atoms with Crippen molar-refractivity contribution >= 4 is 43.5 Å². The molecule has 26 heavy (non-hydrogen) atoms. The minimum atomic E-state index is -0.556. The van der Waals surface area contributed by atoms with Crippen LogP contribution in [0.4, 0.5) is 5.69 Å². The zero-order valence-electron chi connectivity index (χ0n) is 16.3. The molecule has 0 aliphatic heterocycles. The van der Waals surface area contributed by atoms with Crippen molar-refractivity contribution in [2.75, 3.05) is 4.90 Å². The number of hydrogen-bond donors (Lipinski definition) is 1. The molecule has 0 fully saturated rings. The molecular formula is C20H28Cl2NOPTi. The minimum absolute atomic E-state index is 0.431. The molecule has 142 valence electrons. The van der Waals surface area contributed by atoms with E-state index in [1.54, 1.807) is 0 Å². The van der Waals surface area contributed by atoms with Gasteiger partial charge in [-0.05, 0) is 58.7 Å². The molecule has 1 atom stereocenters. The Morgan fingerprint density at radius 2 is 1.42 bits per heavy atom. The molecule has 0 heterocycles. The number of para-hydroxylation sites is 1. The molecule has 0 radical (unpaired) electrons. The molecule has 1 unspecified atom stereocenters. The van der Waals surface area contributed by atoms with Gasteiger partial charge in [0.1, 0.15) is 5.75 Å². The molecule has 0 aromatic heterocycles. The number of nitrogens with zero attached hydrogens (tertiary/aromatic N) is 1.